The van der Waals surface area contributed by atoms with Crippen LogP contribution in [-0.4, -0.2) is 19.3 Å². The van der Waals surface area contributed by atoms with Gasteiger partial charge in [0.2, 0.25) is 0 Å². The molecule has 0 unspecified atom stereocenters. The van der Waals surface area contributed by atoms with Crippen LogP contribution in [0.5, 0.6) is 0 Å². The lowest BCUT2D eigenvalue weighted by atomic mass is 10.2. The molecule has 0 atom stereocenters. The molecule has 120 valence electrons. The summed E-state index contributed by atoms with van der Waals surface area (Å²) in [7, 11) is 0. The van der Waals surface area contributed by atoms with E-state index < -0.39 is 0 Å². The summed E-state index contributed by atoms with van der Waals surface area (Å²) >= 11 is 7.99. The third-order valence-corrected chi connectivity index (χ3v) is 5.11. The van der Waals surface area contributed by atoms with Crippen molar-refractivity contribution >= 4 is 33.2 Å². The lowest BCUT2D eigenvalue weighted by Crippen LogP contribution is -2.20. The van der Waals surface area contributed by atoms with Crippen molar-refractivity contribution in [1.29, 1.82) is 0 Å². The number of aryl methyl sites for hydroxylation is 1. The van der Waals surface area contributed by atoms with Gasteiger partial charge in [-0.15, -0.1) is 11.3 Å². The molecular weight excluding hydrogens is 344 g/mol. The second kappa shape index (κ2) is 5.89. The van der Waals surface area contributed by atoms with Gasteiger partial charge in [-0.1, -0.05) is 29.8 Å². The number of rotatable bonds is 3. The Morgan fingerprint density at radius 1 is 1.21 bits per heavy atom. The van der Waals surface area contributed by atoms with Crippen molar-refractivity contribution in [2.75, 3.05) is 0 Å². The molecule has 3 aromatic heterocycles. The minimum Gasteiger partial charge on any atom is -0.294 e. The van der Waals surface area contributed by atoms with Gasteiger partial charge >= 0.3 is 0 Å². The van der Waals surface area contributed by atoms with E-state index in [4.69, 9.17) is 11.6 Å². The molecule has 0 aliphatic heterocycles. The topological polar surface area (TPSA) is 52.7 Å². The van der Waals surface area contributed by atoms with E-state index in [0.29, 0.717) is 17.1 Å². The Labute approximate surface area is 146 Å². The van der Waals surface area contributed by atoms with E-state index >= 15 is 0 Å². The van der Waals surface area contributed by atoms with Gasteiger partial charge in [0.1, 0.15) is 9.98 Å². The fraction of sp³-hybridized carbons (Fsp3) is 0.118. The second-order valence-electron chi connectivity index (χ2n) is 5.42. The molecule has 5 nitrogen and oxygen atoms in total. The summed E-state index contributed by atoms with van der Waals surface area (Å²) in [6.07, 6.45) is 1.57. The highest BCUT2D eigenvalue weighted by Gasteiger charge is 2.16. The van der Waals surface area contributed by atoms with Crippen molar-refractivity contribution < 1.29 is 0 Å². The number of benzene rings is 1. The maximum atomic E-state index is 12.6. The molecule has 3 heterocycles. The lowest BCUT2D eigenvalue weighted by Gasteiger charge is -2.06. The molecule has 4 rings (SSSR count). The average molecular weight is 357 g/mol. The molecule has 0 aliphatic rings. The zero-order valence-corrected chi connectivity index (χ0v) is 14.4. The molecule has 0 saturated carbocycles. The Kier molecular flexibility index (Phi) is 3.70. The Hall–Kier alpha value is -2.44. The summed E-state index contributed by atoms with van der Waals surface area (Å²) in [4.78, 5) is 17.6. The van der Waals surface area contributed by atoms with Gasteiger partial charge in [-0.25, -0.2) is 9.67 Å². The van der Waals surface area contributed by atoms with Gasteiger partial charge in [-0.2, -0.15) is 5.10 Å². The Morgan fingerprint density at radius 2 is 2.00 bits per heavy atom. The Bertz CT molecular complexity index is 1080. The molecule has 1 aromatic carbocycles. The van der Waals surface area contributed by atoms with Gasteiger partial charge in [-0.05, 0) is 30.5 Å². The van der Waals surface area contributed by atoms with E-state index in [1.165, 1.54) is 11.3 Å². The summed E-state index contributed by atoms with van der Waals surface area (Å²) < 4.78 is 3.26. The van der Waals surface area contributed by atoms with Gasteiger partial charge in [0.05, 0.1) is 29.6 Å². The van der Waals surface area contributed by atoms with E-state index in [1.54, 1.807) is 21.6 Å². The van der Waals surface area contributed by atoms with E-state index in [1.807, 2.05) is 42.6 Å². The van der Waals surface area contributed by atoms with Crippen LogP contribution in [0.3, 0.4) is 0 Å². The molecule has 0 spiro atoms. The number of aromatic nitrogens is 4. The predicted molar refractivity (Wildman–Crippen MR) is 96.3 cm³/mol. The molecular formula is C17H13ClN4OS. The first-order valence-electron chi connectivity index (χ1n) is 7.37. The first kappa shape index (κ1) is 15.1. The van der Waals surface area contributed by atoms with Crippen LogP contribution >= 0.6 is 22.9 Å². The van der Waals surface area contributed by atoms with Crippen molar-refractivity contribution in [3.63, 3.8) is 0 Å². The minimum absolute atomic E-state index is 0.0656. The first-order valence-corrected chi connectivity index (χ1v) is 8.63. The Balaban J connectivity index is 1.78. The zero-order valence-electron chi connectivity index (χ0n) is 12.8. The van der Waals surface area contributed by atoms with Gasteiger partial charge in [0.25, 0.3) is 5.56 Å². The van der Waals surface area contributed by atoms with Crippen LogP contribution in [0.1, 0.15) is 11.3 Å². The van der Waals surface area contributed by atoms with Gasteiger partial charge in [0.15, 0.2) is 0 Å². The Morgan fingerprint density at radius 3 is 2.79 bits per heavy atom. The van der Waals surface area contributed by atoms with Crippen LogP contribution in [0, 0.1) is 6.92 Å². The zero-order chi connectivity index (χ0) is 16.7. The lowest BCUT2D eigenvalue weighted by molar-refractivity contribution is 0.745. The number of hydrogen-bond acceptors (Lipinski definition) is 4. The second-order valence-corrected chi connectivity index (χ2v) is 6.67. The highest BCUT2D eigenvalue weighted by atomic mass is 35.5. The van der Waals surface area contributed by atoms with E-state index in [0.717, 1.165) is 21.8 Å². The van der Waals surface area contributed by atoms with Crippen LogP contribution in [0.2, 0.25) is 5.15 Å². The van der Waals surface area contributed by atoms with E-state index in [9.17, 15) is 4.79 Å². The highest BCUT2D eigenvalue weighted by Crippen LogP contribution is 2.24. The third kappa shape index (κ3) is 2.44. The molecule has 7 heteroatoms. The minimum atomic E-state index is -0.0656. The smallest absolute Gasteiger partial charge is 0.262 e. The normalized spacial score (nSPS) is 11.2. The van der Waals surface area contributed by atoms with Gasteiger partial charge < -0.3 is 0 Å². The molecule has 0 saturated heterocycles. The maximum Gasteiger partial charge on any atom is 0.262 e. The van der Waals surface area contributed by atoms with Crippen LogP contribution in [0.4, 0.5) is 0 Å². The third-order valence-electron chi connectivity index (χ3n) is 3.90. The molecule has 0 radical (unpaired) electrons. The quantitative estimate of drug-likeness (QED) is 0.563. The SMILES string of the molecule is Cc1nn(-c2ccccc2)c(Cl)c1Cn1cnc2sccc2c1=O. The number of hydrogen-bond donors (Lipinski definition) is 0. The van der Waals surface area contributed by atoms with Crippen molar-refractivity contribution in [2.24, 2.45) is 0 Å². The predicted octanol–water partition coefficient (Wildman–Crippen LogP) is 3.65. The highest BCUT2D eigenvalue weighted by molar-refractivity contribution is 7.16. The number of para-hydroxylation sites is 1. The average Bonchev–Trinajstić information content (AvgIpc) is 3.18. The van der Waals surface area contributed by atoms with Crippen LogP contribution in [-0.2, 0) is 6.54 Å². The fourth-order valence-electron chi connectivity index (χ4n) is 2.63. The monoisotopic (exact) mass is 356 g/mol. The number of halogens is 1. The molecule has 24 heavy (non-hydrogen) atoms. The summed E-state index contributed by atoms with van der Waals surface area (Å²) in [5.41, 5.74) is 2.43. The number of thiophene rings is 1. The fourth-order valence-corrected chi connectivity index (χ4v) is 3.68. The first-order chi connectivity index (χ1) is 11.6. The van der Waals surface area contributed by atoms with Crippen molar-refractivity contribution in [2.45, 2.75) is 13.5 Å². The van der Waals surface area contributed by atoms with E-state index in [2.05, 4.69) is 10.1 Å². The summed E-state index contributed by atoms with van der Waals surface area (Å²) in [5, 5.41) is 7.52. The molecule has 4 aromatic rings. The van der Waals surface area contributed by atoms with Crippen molar-refractivity contribution in [3.8, 4) is 5.69 Å². The number of nitrogens with zero attached hydrogens (tertiary/aromatic N) is 4. The van der Waals surface area contributed by atoms with Crippen molar-refractivity contribution in [1.82, 2.24) is 19.3 Å². The van der Waals surface area contributed by atoms with Crippen LogP contribution in [0.25, 0.3) is 15.9 Å². The van der Waals surface area contributed by atoms with E-state index in [-0.39, 0.29) is 5.56 Å². The molecule has 0 amide bonds. The van der Waals surface area contributed by atoms with Crippen molar-refractivity contribution in [3.05, 3.63) is 74.9 Å². The molecule has 0 aliphatic carbocycles. The maximum absolute atomic E-state index is 12.6. The van der Waals surface area contributed by atoms with Crippen LogP contribution < -0.4 is 5.56 Å². The standard InChI is InChI=1S/C17H13ClN4OS/c1-11-14(15(18)22(20-11)12-5-3-2-4-6-12)9-21-10-19-16-13(17(21)23)7-8-24-16/h2-8,10H,9H2,1H3. The molecule has 0 N–H and O–H groups in total. The summed E-state index contributed by atoms with van der Waals surface area (Å²) in [6, 6.07) is 11.5. The number of fused-ring (bicyclic) bond motifs is 1. The molecule has 0 bridgehead atoms. The summed E-state index contributed by atoms with van der Waals surface area (Å²) in [6.45, 7) is 2.23. The van der Waals surface area contributed by atoms with Crippen LogP contribution in [0.15, 0.2) is 52.9 Å². The van der Waals surface area contributed by atoms with Gasteiger partial charge in [0, 0.05) is 5.56 Å². The largest absolute Gasteiger partial charge is 0.294 e. The molecule has 0 fully saturated rings. The summed E-state index contributed by atoms with van der Waals surface area (Å²) in [5.74, 6) is 0. The van der Waals surface area contributed by atoms with Gasteiger partial charge in [-0.3, -0.25) is 9.36 Å².